The maximum absolute atomic E-state index is 14.1. The summed E-state index contributed by atoms with van der Waals surface area (Å²) in [6.45, 7) is 3.88. The summed E-state index contributed by atoms with van der Waals surface area (Å²) < 4.78 is 38.9. The highest BCUT2D eigenvalue weighted by molar-refractivity contribution is 5.88. The first-order valence-corrected chi connectivity index (χ1v) is 10.8. The van der Waals surface area contributed by atoms with Gasteiger partial charge in [-0.1, -0.05) is 0 Å². The molecule has 176 valence electrons. The van der Waals surface area contributed by atoms with Crippen molar-refractivity contribution < 1.29 is 27.8 Å². The van der Waals surface area contributed by atoms with Gasteiger partial charge in [0, 0.05) is 49.9 Å². The number of carbonyl (C=O) groups is 2. The zero-order valence-corrected chi connectivity index (χ0v) is 18.4. The van der Waals surface area contributed by atoms with Crippen LogP contribution < -0.4 is 5.73 Å². The number of hydrogen-bond donors (Lipinski definition) is 1. The molecule has 2 N–H and O–H groups in total. The minimum atomic E-state index is -0.660. The lowest BCUT2D eigenvalue weighted by atomic mass is 9.91. The molecule has 3 heterocycles. The van der Waals surface area contributed by atoms with Crippen LogP contribution in [-0.2, 0) is 22.6 Å². The number of carbonyl (C=O) groups excluding carboxylic acids is 2. The Bertz CT molecular complexity index is 1020. The molecule has 1 aromatic heterocycles. The van der Waals surface area contributed by atoms with Crippen molar-refractivity contribution in [1.29, 1.82) is 0 Å². The van der Waals surface area contributed by atoms with Gasteiger partial charge >= 0.3 is 12.1 Å². The van der Waals surface area contributed by atoms with Crippen LogP contribution in [0.25, 0.3) is 0 Å². The quantitative estimate of drug-likeness (QED) is 0.523. The van der Waals surface area contributed by atoms with Crippen molar-refractivity contribution in [3.8, 4) is 0 Å². The molecule has 2 saturated heterocycles. The standard InChI is InChI=1S/C23H26F2N4O4/c1-2-32-21(30)15-3-4-17(27-11-15)12-29-14-23(33-22(29)31)5-7-28(8-6-23)13-18-19(24)9-16(26)10-20(18)25/h3-4,9-11H,2,5-8,12-14,26H2,1H3. The molecule has 0 unspecified atom stereocenters. The van der Waals surface area contributed by atoms with Gasteiger partial charge < -0.3 is 15.2 Å². The molecule has 0 radical (unpaired) electrons. The van der Waals surface area contributed by atoms with Crippen molar-refractivity contribution in [3.05, 3.63) is 58.9 Å². The van der Waals surface area contributed by atoms with E-state index in [0.717, 1.165) is 12.1 Å². The molecule has 1 amide bonds. The molecule has 10 heteroatoms. The Morgan fingerprint density at radius 2 is 1.91 bits per heavy atom. The van der Waals surface area contributed by atoms with Crippen LogP contribution >= 0.6 is 0 Å². The summed E-state index contributed by atoms with van der Waals surface area (Å²) in [7, 11) is 0. The van der Waals surface area contributed by atoms with E-state index in [-0.39, 0.29) is 30.9 Å². The summed E-state index contributed by atoms with van der Waals surface area (Å²) in [6.07, 6.45) is 2.12. The first-order chi connectivity index (χ1) is 15.8. The first kappa shape index (κ1) is 22.9. The molecule has 4 rings (SSSR count). The Labute approximate surface area is 190 Å². The van der Waals surface area contributed by atoms with Crippen LogP contribution in [-0.4, -0.2) is 58.7 Å². The van der Waals surface area contributed by atoms with Gasteiger partial charge in [0.25, 0.3) is 0 Å². The molecule has 2 aromatic rings. The van der Waals surface area contributed by atoms with Crippen LogP contribution in [0.3, 0.4) is 0 Å². The number of benzene rings is 1. The number of nitrogens with two attached hydrogens (primary N) is 1. The first-order valence-electron chi connectivity index (χ1n) is 10.8. The minimum Gasteiger partial charge on any atom is -0.462 e. The highest BCUT2D eigenvalue weighted by atomic mass is 19.1. The second-order valence-corrected chi connectivity index (χ2v) is 8.40. The maximum atomic E-state index is 14.1. The molecule has 0 aliphatic carbocycles. The lowest BCUT2D eigenvalue weighted by Gasteiger charge is -2.37. The van der Waals surface area contributed by atoms with Crippen LogP contribution in [0.4, 0.5) is 19.3 Å². The lowest BCUT2D eigenvalue weighted by molar-refractivity contribution is -0.00165. The summed E-state index contributed by atoms with van der Waals surface area (Å²) in [5.41, 5.74) is 5.87. The fourth-order valence-electron chi connectivity index (χ4n) is 4.24. The molecule has 0 bridgehead atoms. The Morgan fingerprint density at radius 3 is 2.52 bits per heavy atom. The Balaban J connectivity index is 1.33. The monoisotopic (exact) mass is 460 g/mol. The number of anilines is 1. The summed E-state index contributed by atoms with van der Waals surface area (Å²) >= 11 is 0. The molecule has 1 aromatic carbocycles. The van der Waals surface area contributed by atoms with Crippen molar-refractivity contribution >= 4 is 17.7 Å². The summed E-state index contributed by atoms with van der Waals surface area (Å²) in [5.74, 6) is -1.76. The van der Waals surface area contributed by atoms with Gasteiger partial charge in [-0.05, 0) is 31.2 Å². The largest absolute Gasteiger partial charge is 0.462 e. The number of piperidine rings is 1. The Hall–Kier alpha value is -3.27. The number of likely N-dealkylation sites (tertiary alicyclic amines) is 1. The van der Waals surface area contributed by atoms with Crippen LogP contribution in [0.1, 0.15) is 41.4 Å². The zero-order valence-electron chi connectivity index (χ0n) is 18.4. The molecule has 8 nitrogen and oxygen atoms in total. The van der Waals surface area contributed by atoms with Gasteiger partial charge in [0.05, 0.1) is 31.0 Å². The van der Waals surface area contributed by atoms with E-state index in [4.69, 9.17) is 15.2 Å². The lowest BCUT2D eigenvalue weighted by Crippen LogP contribution is -2.46. The molecule has 33 heavy (non-hydrogen) atoms. The van der Waals surface area contributed by atoms with E-state index in [0.29, 0.717) is 43.7 Å². The maximum Gasteiger partial charge on any atom is 0.410 e. The van der Waals surface area contributed by atoms with Gasteiger partial charge in [-0.2, -0.15) is 0 Å². The van der Waals surface area contributed by atoms with Gasteiger partial charge in [0.1, 0.15) is 17.2 Å². The van der Waals surface area contributed by atoms with E-state index in [1.54, 1.807) is 24.0 Å². The number of pyridine rings is 1. The molecular weight excluding hydrogens is 434 g/mol. The average Bonchev–Trinajstić information content (AvgIpc) is 3.07. The van der Waals surface area contributed by atoms with Crippen LogP contribution in [0, 0.1) is 11.6 Å². The van der Waals surface area contributed by atoms with Crippen LogP contribution in [0.2, 0.25) is 0 Å². The SMILES string of the molecule is CCOC(=O)c1ccc(CN2CC3(CCN(Cc4c(F)cc(N)cc4F)CC3)OC2=O)nc1. The molecule has 0 atom stereocenters. The topological polar surface area (TPSA) is 98.0 Å². The van der Waals surface area contributed by atoms with Gasteiger partial charge in [0.15, 0.2) is 0 Å². The fraction of sp³-hybridized carbons (Fsp3) is 0.435. The second-order valence-electron chi connectivity index (χ2n) is 8.40. The number of nitrogens with zero attached hydrogens (tertiary/aromatic N) is 3. The van der Waals surface area contributed by atoms with Gasteiger partial charge in [-0.15, -0.1) is 0 Å². The molecule has 2 fully saturated rings. The molecule has 1 spiro atoms. The summed E-state index contributed by atoms with van der Waals surface area (Å²) in [6, 6.07) is 5.54. The fourth-order valence-corrected chi connectivity index (χ4v) is 4.24. The number of amides is 1. The van der Waals surface area contributed by atoms with E-state index in [2.05, 4.69) is 4.98 Å². The number of rotatable bonds is 6. The van der Waals surface area contributed by atoms with Crippen molar-refractivity contribution in [1.82, 2.24) is 14.8 Å². The summed E-state index contributed by atoms with van der Waals surface area (Å²) in [4.78, 5) is 32.0. The zero-order chi connectivity index (χ0) is 23.6. The van der Waals surface area contributed by atoms with Gasteiger partial charge in [0.2, 0.25) is 0 Å². The number of nitrogen functional groups attached to an aromatic ring is 1. The van der Waals surface area contributed by atoms with E-state index < -0.39 is 29.3 Å². The van der Waals surface area contributed by atoms with Gasteiger partial charge in [-0.25, -0.2) is 18.4 Å². The number of aromatic nitrogens is 1. The van der Waals surface area contributed by atoms with E-state index >= 15 is 0 Å². The molecular formula is C23H26F2N4O4. The highest BCUT2D eigenvalue weighted by Gasteiger charge is 2.47. The van der Waals surface area contributed by atoms with Crippen LogP contribution in [0.5, 0.6) is 0 Å². The number of ether oxygens (including phenoxy) is 2. The molecule has 2 aliphatic heterocycles. The Kier molecular flexibility index (Phi) is 6.46. The highest BCUT2D eigenvalue weighted by Crippen LogP contribution is 2.34. The van der Waals surface area contributed by atoms with Crippen molar-refractivity contribution in [2.45, 2.75) is 38.5 Å². The van der Waals surface area contributed by atoms with E-state index in [1.165, 1.54) is 6.20 Å². The third kappa shape index (κ3) is 5.05. The number of esters is 1. The third-order valence-corrected chi connectivity index (χ3v) is 6.04. The second kappa shape index (κ2) is 9.30. The minimum absolute atomic E-state index is 0.0115. The van der Waals surface area contributed by atoms with Crippen molar-refractivity contribution in [2.24, 2.45) is 0 Å². The van der Waals surface area contributed by atoms with E-state index in [1.807, 2.05) is 4.90 Å². The van der Waals surface area contributed by atoms with Gasteiger partial charge in [-0.3, -0.25) is 14.8 Å². The summed E-state index contributed by atoms with van der Waals surface area (Å²) in [5, 5.41) is 0. The van der Waals surface area contributed by atoms with Crippen molar-refractivity contribution in [3.63, 3.8) is 0 Å². The smallest absolute Gasteiger partial charge is 0.410 e. The molecule has 0 saturated carbocycles. The predicted octanol–water partition coefficient (Wildman–Crippen LogP) is 3.11. The normalized spacial score (nSPS) is 17.9. The Morgan fingerprint density at radius 1 is 1.21 bits per heavy atom. The average molecular weight is 460 g/mol. The van der Waals surface area contributed by atoms with E-state index in [9.17, 15) is 18.4 Å². The molecule has 2 aliphatic rings. The van der Waals surface area contributed by atoms with Crippen molar-refractivity contribution in [2.75, 3.05) is 32.0 Å². The van der Waals surface area contributed by atoms with Crippen LogP contribution in [0.15, 0.2) is 30.5 Å². The predicted molar refractivity (Wildman–Crippen MR) is 115 cm³/mol. The third-order valence-electron chi connectivity index (χ3n) is 6.04. The number of halogens is 2. The number of hydrogen-bond acceptors (Lipinski definition) is 7.